The predicted molar refractivity (Wildman–Crippen MR) is 125 cm³/mol. The van der Waals surface area contributed by atoms with Gasteiger partial charge in [-0.2, -0.15) is 5.10 Å². The first-order chi connectivity index (χ1) is 16.0. The molecule has 1 fully saturated rings. The molecule has 0 aliphatic carbocycles. The maximum atomic E-state index is 13.6. The van der Waals surface area contributed by atoms with Crippen molar-refractivity contribution in [2.24, 2.45) is 5.41 Å². The van der Waals surface area contributed by atoms with E-state index in [1.54, 1.807) is 11.1 Å². The van der Waals surface area contributed by atoms with Gasteiger partial charge in [0.2, 0.25) is 11.8 Å². The Hall–Kier alpha value is -3.55. The summed E-state index contributed by atoms with van der Waals surface area (Å²) < 4.78 is 1.52. The fourth-order valence-corrected chi connectivity index (χ4v) is 4.57. The van der Waals surface area contributed by atoms with Gasteiger partial charge in [-0.1, -0.05) is 30.3 Å². The zero-order valence-corrected chi connectivity index (χ0v) is 19.1. The second-order valence-electron chi connectivity index (χ2n) is 9.00. The van der Waals surface area contributed by atoms with Crippen molar-refractivity contribution in [1.29, 1.82) is 0 Å². The quantitative estimate of drug-likeness (QED) is 0.602. The first-order valence-corrected chi connectivity index (χ1v) is 11.4. The summed E-state index contributed by atoms with van der Waals surface area (Å²) in [4.78, 5) is 36.6. The smallest absolute Gasteiger partial charge is 0.244 e. The van der Waals surface area contributed by atoms with E-state index in [9.17, 15) is 9.59 Å². The third kappa shape index (κ3) is 5.27. The maximum Gasteiger partial charge on any atom is 0.244 e. The Morgan fingerprint density at radius 3 is 2.73 bits per heavy atom. The molecule has 8 heteroatoms. The molecule has 2 aromatic heterocycles. The summed E-state index contributed by atoms with van der Waals surface area (Å²) in [6.45, 7) is 5.06. The van der Waals surface area contributed by atoms with Gasteiger partial charge in [0.1, 0.15) is 19.2 Å². The molecular formula is C25H30N6O2. The highest BCUT2D eigenvalue weighted by atomic mass is 16.2. The van der Waals surface area contributed by atoms with Crippen molar-refractivity contribution in [2.75, 3.05) is 13.1 Å². The van der Waals surface area contributed by atoms with Gasteiger partial charge in [-0.05, 0) is 50.3 Å². The Kier molecular flexibility index (Phi) is 6.82. The van der Waals surface area contributed by atoms with Crippen molar-refractivity contribution in [2.45, 2.75) is 45.7 Å². The van der Waals surface area contributed by atoms with E-state index in [4.69, 9.17) is 0 Å². The fourth-order valence-electron chi connectivity index (χ4n) is 4.57. The highest BCUT2D eigenvalue weighted by molar-refractivity contribution is 5.85. The normalized spacial score (nSPS) is 18.3. The van der Waals surface area contributed by atoms with E-state index in [0.29, 0.717) is 19.5 Å². The van der Waals surface area contributed by atoms with E-state index < -0.39 is 5.41 Å². The number of hydrogen-bond acceptors (Lipinski definition) is 5. The zero-order chi connectivity index (χ0) is 23.3. The van der Waals surface area contributed by atoms with Crippen molar-refractivity contribution >= 4 is 11.8 Å². The molecule has 0 unspecified atom stereocenters. The van der Waals surface area contributed by atoms with Gasteiger partial charge < -0.3 is 10.2 Å². The van der Waals surface area contributed by atoms with Crippen molar-refractivity contribution in [3.05, 3.63) is 67.0 Å². The molecule has 1 aliphatic rings. The van der Waals surface area contributed by atoms with Crippen LogP contribution < -0.4 is 5.32 Å². The lowest BCUT2D eigenvalue weighted by atomic mass is 9.73. The van der Waals surface area contributed by atoms with Gasteiger partial charge in [-0.15, -0.1) is 0 Å². The second-order valence-corrected chi connectivity index (χ2v) is 9.00. The molecule has 33 heavy (non-hydrogen) atoms. The molecule has 1 saturated heterocycles. The number of benzene rings is 1. The highest BCUT2D eigenvalue weighted by Gasteiger charge is 2.44. The first kappa shape index (κ1) is 22.6. The second kappa shape index (κ2) is 9.94. The minimum Gasteiger partial charge on any atom is -0.353 e. The molecule has 8 nitrogen and oxygen atoms in total. The molecule has 1 N–H and O–H groups in total. The monoisotopic (exact) mass is 446 g/mol. The van der Waals surface area contributed by atoms with Crippen LogP contribution in [0.1, 0.15) is 32.3 Å². The average Bonchev–Trinajstić information content (AvgIpc) is 3.33. The number of carbonyl (C=O) groups is 2. The SMILES string of the molecule is CC(C)NC(=O)[C@]1(Cc2ccccc2-c2cccnc2)CCCN(C(=O)Cn2cncn2)C1. The molecule has 0 bridgehead atoms. The summed E-state index contributed by atoms with van der Waals surface area (Å²) in [6.07, 6.45) is 8.58. The van der Waals surface area contributed by atoms with Crippen LogP contribution in [0.25, 0.3) is 11.1 Å². The number of rotatable bonds is 7. The Balaban J connectivity index is 1.64. The number of likely N-dealkylation sites (tertiary alicyclic amines) is 1. The largest absolute Gasteiger partial charge is 0.353 e. The molecule has 0 spiro atoms. The molecule has 1 atom stereocenters. The van der Waals surface area contributed by atoms with E-state index in [0.717, 1.165) is 29.5 Å². The standard InChI is InChI=1S/C25H30N6O2/c1-19(2)29-24(33)25(10-6-12-30(16-25)23(32)15-31-18-27-17-28-31)13-20-7-3-4-9-22(20)21-8-5-11-26-14-21/h3-5,7-9,11,14,17-19H,6,10,12-13,15-16H2,1-2H3,(H,29,33)/t25-/m0/s1. The molecule has 1 aromatic carbocycles. The van der Waals surface area contributed by atoms with Gasteiger partial charge in [0.15, 0.2) is 0 Å². The predicted octanol–water partition coefficient (Wildman–Crippen LogP) is 2.72. The molecular weight excluding hydrogens is 416 g/mol. The number of hydrogen-bond donors (Lipinski definition) is 1. The van der Waals surface area contributed by atoms with Crippen molar-refractivity contribution in [1.82, 2.24) is 30.0 Å². The highest BCUT2D eigenvalue weighted by Crippen LogP contribution is 2.37. The molecule has 3 heterocycles. The topological polar surface area (TPSA) is 93.0 Å². The van der Waals surface area contributed by atoms with Crippen molar-refractivity contribution < 1.29 is 9.59 Å². The van der Waals surface area contributed by atoms with Crippen LogP contribution in [-0.2, 0) is 22.6 Å². The van der Waals surface area contributed by atoms with E-state index in [2.05, 4.69) is 32.5 Å². The number of nitrogens with one attached hydrogen (secondary N) is 1. The van der Waals surface area contributed by atoms with Crippen molar-refractivity contribution in [3.8, 4) is 11.1 Å². The molecule has 0 radical (unpaired) electrons. The van der Waals surface area contributed by atoms with Gasteiger partial charge in [0.25, 0.3) is 0 Å². The van der Waals surface area contributed by atoms with Crippen LogP contribution in [0.5, 0.6) is 0 Å². The summed E-state index contributed by atoms with van der Waals surface area (Å²) in [5.41, 5.74) is 2.45. The summed E-state index contributed by atoms with van der Waals surface area (Å²) in [6, 6.07) is 12.1. The van der Waals surface area contributed by atoms with Crippen LogP contribution in [-0.4, -0.2) is 55.6 Å². The average molecular weight is 447 g/mol. The van der Waals surface area contributed by atoms with Gasteiger partial charge in [-0.3, -0.25) is 14.6 Å². The van der Waals surface area contributed by atoms with E-state index >= 15 is 0 Å². The van der Waals surface area contributed by atoms with Crippen molar-refractivity contribution in [3.63, 3.8) is 0 Å². The van der Waals surface area contributed by atoms with Gasteiger partial charge in [0.05, 0.1) is 5.41 Å². The van der Waals surface area contributed by atoms with Crippen LogP contribution in [0.4, 0.5) is 0 Å². The van der Waals surface area contributed by atoms with Crippen LogP contribution in [0.2, 0.25) is 0 Å². The third-order valence-electron chi connectivity index (χ3n) is 6.11. The Labute approximate surface area is 194 Å². The number of nitrogens with zero attached hydrogens (tertiary/aromatic N) is 5. The number of amides is 2. The molecule has 2 amide bonds. The van der Waals surface area contributed by atoms with E-state index in [-0.39, 0.29) is 24.4 Å². The number of aromatic nitrogens is 4. The molecule has 3 aromatic rings. The molecule has 0 saturated carbocycles. The molecule has 1 aliphatic heterocycles. The molecule has 172 valence electrons. The Morgan fingerprint density at radius 2 is 2.00 bits per heavy atom. The van der Waals surface area contributed by atoms with Gasteiger partial charge in [0, 0.05) is 37.1 Å². The lowest BCUT2D eigenvalue weighted by molar-refractivity contribution is -0.142. The zero-order valence-electron chi connectivity index (χ0n) is 19.1. The van der Waals surface area contributed by atoms with Gasteiger partial charge in [-0.25, -0.2) is 9.67 Å². The van der Waals surface area contributed by atoms with Gasteiger partial charge >= 0.3 is 0 Å². The molecule has 4 rings (SSSR count). The lowest BCUT2D eigenvalue weighted by Gasteiger charge is -2.42. The van der Waals surface area contributed by atoms with Crippen LogP contribution >= 0.6 is 0 Å². The third-order valence-corrected chi connectivity index (χ3v) is 6.11. The summed E-state index contributed by atoms with van der Waals surface area (Å²) in [5.74, 6) is -0.0563. The number of pyridine rings is 1. The van der Waals surface area contributed by atoms with Crippen LogP contribution in [0.3, 0.4) is 0 Å². The summed E-state index contributed by atoms with van der Waals surface area (Å²) >= 11 is 0. The number of piperidine rings is 1. The minimum absolute atomic E-state index is 0.00301. The lowest BCUT2D eigenvalue weighted by Crippen LogP contribution is -2.56. The Morgan fingerprint density at radius 1 is 1.15 bits per heavy atom. The first-order valence-electron chi connectivity index (χ1n) is 11.4. The summed E-state index contributed by atoms with van der Waals surface area (Å²) in [7, 11) is 0. The van der Waals surface area contributed by atoms with E-state index in [1.165, 1.54) is 17.3 Å². The Bertz CT molecular complexity index is 1080. The van der Waals surface area contributed by atoms with Crippen LogP contribution in [0.15, 0.2) is 61.4 Å². The number of carbonyl (C=O) groups excluding carboxylic acids is 2. The fraction of sp³-hybridized carbons (Fsp3) is 0.400. The van der Waals surface area contributed by atoms with Crippen LogP contribution in [0, 0.1) is 5.41 Å². The van der Waals surface area contributed by atoms with E-state index in [1.807, 2.05) is 44.3 Å². The minimum atomic E-state index is -0.709. The maximum absolute atomic E-state index is 13.6. The summed E-state index contributed by atoms with van der Waals surface area (Å²) in [5, 5.41) is 7.17.